The van der Waals surface area contributed by atoms with Gasteiger partial charge in [-0.05, 0) is 55.9 Å². The molecular weight excluding hydrogens is 392 g/mol. The molecule has 0 radical (unpaired) electrons. The zero-order chi connectivity index (χ0) is 18.8. The van der Waals surface area contributed by atoms with Crippen LogP contribution in [-0.2, 0) is 11.2 Å². The number of hydrogen-bond donors (Lipinski definition) is 1. The molecule has 4 heteroatoms. The number of allylic oxidation sites excluding steroid dienone is 1. The fourth-order valence-corrected chi connectivity index (χ4v) is 3.40. The highest BCUT2D eigenvalue weighted by Crippen LogP contribution is 2.24. The number of alkyl halides is 1. The average Bonchev–Trinajstić information content (AvgIpc) is 2.63. The molecule has 0 unspecified atom stereocenters. The van der Waals surface area contributed by atoms with E-state index in [1.807, 2.05) is 37.3 Å². The van der Waals surface area contributed by atoms with Crippen molar-refractivity contribution in [1.82, 2.24) is 0 Å². The van der Waals surface area contributed by atoms with Gasteiger partial charge in [-0.1, -0.05) is 64.0 Å². The van der Waals surface area contributed by atoms with E-state index < -0.39 is 5.97 Å². The highest BCUT2D eigenvalue weighted by molar-refractivity contribution is 9.09. The molecule has 2 aromatic rings. The summed E-state index contributed by atoms with van der Waals surface area (Å²) in [6.45, 7) is 2.53. The summed E-state index contributed by atoms with van der Waals surface area (Å²) in [6.07, 6.45) is 3.84. The van der Waals surface area contributed by atoms with Gasteiger partial charge in [0.2, 0.25) is 0 Å². The normalized spacial score (nSPS) is 11.8. The molecule has 26 heavy (non-hydrogen) atoms. The van der Waals surface area contributed by atoms with Crippen molar-refractivity contribution in [3.8, 4) is 5.75 Å². The molecule has 0 saturated heterocycles. The summed E-state index contributed by atoms with van der Waals surface area (Å²) in [6, 6.07) is 17.8. The van der Waals surface area contributed by atoms with Crippen LogP contribution in [0, 0.1) is 0 Å². The lowest BCUT2D eigenvalue weighted by Crippen LogP contribution is -2.04. The van der Waals surface area contributed by atoms with Crippen molar-refractivity contribution in [3.63, 3.8) is 0 Å². The summed E-state index contributed by atoms with van der Waals surface area (Å²) < 4.78 is 5.78. The van der Waals surface area contributed by atoms with E-state index in [4.69, 9.17) is 4.74 Å². The smallest absolute Gasteiger partial charge is 0.336 e. The summed E-state index contributed by atoms with van der Waals surface area (Å²) in [7, 11) is 0. The van der Waals surface area contributed by atoms with Crippen molar-refractivity contribution in [3.05, 3.63) is 71.3 Å². The topological polar surface area (TPSA) is 46.5 Å². The third kappa shape index (κ3) is 6.34. The molecule has 0 saturated carbocycles. The van der Waals surface area contributed by atoms with E-state index in [2.05, 4.69) is 40.2 Å². The number of carbonyl (C=O) groups is 1. The van der Waals surface area contributed by atoms with E-state index in [9.17, 15) is 9.90 Å². The number of halogens is 1. The molecule has 0 aliphatic rings. The Morgan fingerprint density at radius 3 is 2.35 bits per heavy atom. The lowest BCUT2D eigenvalue weighted by atomic mass is 9.99. The second-order valence-corrected chi connectivity index (χ2v) is 7.01. The van der Waals surface area contributed by atoms with Gasteiger partial charge < -0.3 is 9.84 Å². The van der Waals surface area contributed by atoms with Gasteiger partial charge in [0.1, 0.15) is 5.75 Å². The first-order valence-corrected chi connectivity index (χ1v) is 10.00. The molecule has 0 aliphatic carbocycles. The minimum atomic E-state index is -0.891. The largest absolute Gasteiger partial charge is 0.494 e. The average molecular weight is 417 g/mol. The monoisotopic (exact) mass is 416 g/mol. The molecule has 3 nitrogen and oxygen atoms in total. The van der Waals surface area contributed by atoms with E-state index >= 15 is 0 Å². The van der Waals surface area contributed by atoms with E-state index in [0.717, 1.165) is 35.9 Å². The van der Waals surface area contributed by atoms with Gasteiger partial charge in [-0.25, -0.2) is 4.79 Å². The molecule has 0 atom stereocenters. The first kappa shape index (κ1) is 20.2. The van der Waals surface area contributed by atoms with Crippen molar-refractivity contribution in [1.29, 1.82) is 0 Å². The van der Waals surface area contributed by atoms with Crippen LogP contribution in [0.15, 0.2) is 60.2 Å². The fraction of sp³-hybridized carbons (Fsp3) is 0.318. The quantitative estimate of drug-likeness (QED) is 0.305. The van der Waals surface area contributed by atoms with Crippen LogP contribution >= 0.6 is 15.9 Å². The molecule has 0 fully saturated rings. The van der Waals surface area contributed by atoms with Gasteiger partial charge in [-0.3, -0.25) is 0 Å². The number of benzene rings is 2. The number of aliphatic carboxylic acids is 1. The Bertz CT molecular complexity index is 721. The van der Waals surface area contributed by atoms with Gasteiger partial charge in [-0.15, -0.1) is 0 Å². The summed E-state index contributed by atoms with van der Waals surface area (Å²) in [5, 5.41) is 10.2. The lowest BCUT2D eigenvalue weighted by Gasteiger charge is -2.10. The van der Waals surface area contributed by atoms with Crippen LogP contribution in [0.5, 0.6) is 5.75 Å². The lowest BCUT2D eigenvalue weighted by molar-refractivity contribution is -0.130. The predicted octanol–water partition coefficient (Wildman–Crippen LogP) is 5.73. The Kier molecular flexibility index (Phi) is 8.42. The molecule has 0 spiro atoms. The standard InChI is InChI=1S/C22H25BrO3/c1-17(14-15-23)21(22(24)25)19-10-12-20(13-11-19)26-16-6-5-9-18-7-3-2-4-8-18/h2-4,7-8,10-13H,5-6,9,14-16H2,1H3,(H,24,25). The molecule has 0 bridgehead atoms. The van der Waals surface area contributed by atoms with Crippen LogP contribution in [0.25, 0.3) is 5.57 Å². The van der Waals surface area contributed by atoms with Crippen LogP contribution in [0.2, 0.25) is 0 Å². The number of aryl methyl sites for hydroxylation is 1. The zero-order valence-electron chi connectivity index (χ0n) is 15.1. The van der Waals surface area contributed by atoms with Crippen LogP contribution in [0.3, 0.4) is 0 Å². The van der Waals surface area contributed by atoms with Gasteiger partial charge >= 0.3 is 5.97 Å². The number of rotatable bonds is 10. The number of ether oxygens (including phenoxy) is 1. The summed E-state index contributed by atoms with van der Waals surface area (Å²) in [4.78, 5) is 11.6. The summed E-state index contributed by atoms with van der Waals surface area (Å²) >= 11 is 3.36. The number of carboxylic acids is 1. The molecule has 0 heterocycles. The Balaban J connectivity index is 1.85. The van der Waals surface area contributed by atoms with Crippen molar-refractivity contribution in [2.45, 2.75) is 32.6 Å². The first-order valence-electron chi connectivity index (χ1n) is 8.88. The zero-order valence-corrected chi connectivity index (χ0v) is 16.7. The minimum absolute atomic E-state index is 0.374. The van der Waals surface area contributed by atoms with Crippen LogP contribution in [-0.4, -0.2) is 23.0 Å². The third-order valence-corrected chi connectivity index (χ3v) is 4.62. The molecular formula is C22H25BrO3. The molecule has 0 amide bonds. The molecule has 0 aliphatic heterocycles. The van der Waals surface area contributed by atoms with Gasteiger partial charge in [0, 0.05) is 5.33 Å². The second-order valence-electron chi connectivity index (χ2n) is 6.22. The maximum absolute atomic E-state index is 11.6. The maximum Gasteiger partial charge on any atom is 0.336 e. The number of carboxylic acid groups (broad SMARTS) is 1. The molecule has 0 aromatic heterocycles. The van der Waals surface area contributed by atoms with Gasteiger partial charge in [0.25, 0.3) is 0 Å². The number of hydrogen-bond acceptors (Lipinski definition) is 2. The van der Waals surface area contributed by atoms with E-state index in [-0.39, 0.29) is 0 Å². The van der Waals surface area contributed by atoms with Crippen LogP contribution < -0.4 is 4.74 Å². The molecule has 138 valence electrons. The Hall–Kier alpha value is -2.07. The molecule has 2 rings (SSSR count). The van der Waals surface area contributed by atoms with E-state index in [0.29, 0.717) is 24.2 Å². The maximum atomic E-state index is 11.6. The van der Waals surface area contributed by atoms with E-state index in [1.54, 1.807) is 0 Å². The first-order chi connectivity index (χ1) is 12.6. The van der Waals surface area contributed by atoms with Crippen molar-refractivity contribution < 1.29 is 14.6 Å². The van der Waals surface area contributed by atoms with Gasteiger partial charge in [0.05, 0.1) is 12.2 Å². The van der Waals surface area contributed by atoms with Crippen molar-refractivity contribution in [2.24, 2.45) is 0 Å². The predicted molar refractivity (Wildman–Crippen MR) is 110 cm³/mol. The SMILES string of the molecule is CC(CCBr)=C(C(=O)O)c1ccc(OCCCCc2ccccc2)cc1. The fourth-order valence-electron chi connectivity index (χ4n) is 2.80. The Morgan fingerprint density at radius 1 is 1.04 bits per heavy atom. The van der Waals surface area contributed by atoms with Gasteiger partial charge in [-0.2, -0.15) is 0 Å². The molecule has 1 N–H and O–H groups in total. The second kappa shape index (κ2) is 10.8. The highest BCUT2D eigenvalue weighted by Gasteiger charge is 2.14. The Morgan fingerprint density at radius 2 is 1.73 bits per heavy atom. The summed E-state index contributed by atoms with van der Waals surface area (Å²) in [5.74, 6) is -0.116. The number of unbranched alkanes of at least 4 members (excludes halogenated alkanes) is 1. The van der Waals surface area contributed by atoms with E-state index in [1.165, 1.54) is 5.56 Å². The van der Waals surface area contributed by atoms with Crippen molar-refractivity contribution in [2.75, 3.05) is 11.9 Å². The highest BCUT2D eigenvalue weighted by atomic mass is 79.9. The molecule has 2 aromatic carbocycles. The third-order valence-electron chi connectivity index (χ3n) is 4.22. The minimum Gasteiger partial charge on any atom is -0.494 e. The summed E-state index contributed by atoms with van der Waals surface area (Å²) in [5.41, 5.74) is 3.30. The van der Waals surface area contributed by atoms with Gasteiger partial charge in [0.15, 0.2) is 0 Å². The van der Waals surface area contributed by atoms with Crippen LogP contribution in [0.4, 0.5) is 0 Å². The van der Waals surface area contributed by atoms with Crippen molar-refractivity contribution >= 4 is 27.5 Å². The van der Waals surface area contributed by atoms with Crippen LogP contribution in [0.1, 0.15) is 37.3 Å². The Labute approximate surface area is 163 Å².